The van der Waals surface area contributed by atoms with E-state index < -0.39 is 6.10 Å². The van der Waals surface area contributed by atoms with Crippen LogP contribution in [0.25, 0.3) is 5.69 Å². The first-order valence-electron chi connectivity index (χ1n) is 12.5. The first-order chi connectivity index (χ1) is 17.5. The zero-order valence-electron chi connectivity index (χ0n) is 20.3. The van der Waals surface area contributed by atoms with Gasteiger partial charge in [0.1, 0.15) is 19.3 Å². The number of hydrogen-bond donors (Lipinski definition) is 1. The Kier molecular flexibility index (Phi) is 5.81. The van der Waals surface area contributed by atoms with Crippen LogP contribution in [0.2, 0.25) is 0 Å². The summed E-state index contributed by atoms with van der Waals surface area (Å²) in [6, 6.07) is 9.76. The predicted molar refractivity (Wildman–Crippen MR) is 131 cm³/mol. The summed E-state index contributed by atoms with van der Waals surface area (Å²) < 4.78 is 6.87. The fourth-order valence-corrected chi connectivity index (χ4v) is 5.79. The molecule has 1 saturated heterocycles. The fourth-order valence-electron chi connectivity index (χ4n) is 5.79. The lowest BCUT2D eigenvalue weighted by atomic mass is 9.95. The van der Waals surface area contributed by atoms with Crippen LogP contribution in [0.5, 0.6) is 0 Å². The summed E-state index contributed by atoms with van der Waals surface area (Å²) in [5.74, 6) is -0.196. The Balaban J connectivity index is 1.07. The number of carbonyl (C=O) groups is 2. The molecule has 36 heavy (non-hydrogen) atoms. The van der Waals surface area contributed by atoms with Crippen molar-refractivity contribution in [3.05, 3.63) is 76.4 Å². The largest absolute Gasteiger partial charge is 0.457 e. The van der Waals surface area contributed by atoms with Crippen molar-refractivity contribution in [2.24, 2.45) is 0 Å². The Morgan fingerprint density at radius 1 is 1.19 bits per heavy atom. The van der Waals surface area contributed by atoms with Crippen LogP contribution in [-0.2, 0) is 22.6 Å². The van der Waals surface area contributed by atoms with Gasteiger partial charge in [-0.3, -0.25) is 9.69 Å². The monoisotopic (exact) mass is 487 g/mol. The molecule has 1 amide bonds. The average Bonchev–Trinajstić information content (AvgIpc) is 3.64. The minimum atomic E-state index is -0.658. The van der Waals surface area contributed by atoms with E-state index in [0.717, 1.165) is 53.9 Å². The van der Waals surface area contributed by atoms with Crippen molar-refractivity contribution in [1.29, 1.82) is 0 Å². The zero-order chi connectivity index (χ0) is 24.8. The Bertz CT molecular complexity index is 1310. The molecule has 0 radical (unpaired) electrons. The molecule has 0 bridgehead atoms. The van der Waals surface area contributed by atoms with Gasteiger partial charge in [-0.25, -0.2) is 14.5 Å². The first-order valence-corrected chi connectivity index (χ1v) is 12.5. The molecule has 9 nitrogen and oxygen atoms in total. The van der Waals surface area contributed by atoms with E-state index in [-0.39, 0.29) is 24.4 Å². The standard InChI is InChI=1S/C27H29N5O4/c1-17-20(6-7-23-24(17)14-36-27(23)35)25(33)13-30-8-10-31(11-9-30)26(34)22-4-2-18-12-19(3-5-21(18)22)32-16-28-15-29-32/h3,5-7,12,15-16,22,25,33H,2,4,8-11,13-14H2,1H3/t22?,25-/m0/s1. The highest BCUT2D eigenvalue weighted by Crippen LogP contribution is 2.36. The van der Waals surface area contributed by atoms with Crippen LogP contribution in [0.4, 0.5) is 0 Å². The summed E-state index contributed by atoms with van der Waals surface area (Å²) in [7, 11) is 0. The summed E-state index contributed by atoms with van der Waals surface area (Å²) in [4.78, 5) is 33.4. The molecule has 1 aromatic heterocycles. The molecule has 0 spiro atoms. The summed E-state index contributed by atoms with van der Waals surface area (Å²) in [6.07, 6.45) is 4.25. The maximum absolute atomic E-state index is 13.4. The second kappa shape index (κ2) is 9.15. The lowest BCUT2D eigenvalue weighted by Gasteiger charge is -2.37. The highest BCUT2D eigenvalue weighted by Gasteiger charge is 2.34. The number of aromatic nitrogens is 3. The number of hydrogen-bond acceptors (Lipinski definition) is 7. The quantitative estimate of drug-likeness (QED) is 0.551. The maximum atomic E-state index is 13.4. The molecule has 1 aliphatic carbocycles. The molecule has 186 valence electrons. The number of nitrogens with zero attached hydrogens (tertiary/aromatic N) is 5. The van der Waals surface area contributed by atoms with Gasteiger partial charge in [-0.1, -0.05) is 12.1 Å². The van der Waals surface area contributed by atoms with E-state index in [0.29, 0.717) is 25.2 Å². The van der Waals surface area contributed by atoms with Crippen molar-refractivity contribution in [2.45, 2.75) is 38.4 Å². The van der Waals surface area contributed by atoms with Gasteiger partial charge in [-0.2, -0.15) is 5.10 Å². The molecule has 3 aromatic rings. The molecule has 3 heterocycles. The van der Waals surface area contributed by atoms with Gasteiger partial charge in [0.15, 0.2) is 0 Å². The second-order valence-corrected chi connectivity index (χ2v) is 9.84. The van der Waals surface area contributed by atoms with Crippen LogP contribution in [0, 0.1) is 6.92 Å². The average molecular weight is 488 g/mol. The molecule has 2 atom stereocenters. The number of benzene rings is 2. The maximum Gasteiger partial charge on any atom is 0.338 e. The number of esters is 1. The molecule has 9 heteroatoms. The Hall–Kier alpha value is -3.56. The van der Waals surface area contributed by atoms with Crippen LogP contribution >= 0.6 is 0 Å². The van der Waals surface area contributed by atoms with E-state index >= 15 is 0 Å². The third-order valence-electron chi connectivity index (χ3n) is 7.87. The van der Waals surface area contributed by atoms with E-state index in [2.05, 4.69) is 27.1 Å². The fraction of sp³-hybridized carbons (Fsp3) is 0.407. The van der Waals surface area contributed by atoms with Gasteiger partial charge < -0.3 is 14.7 Å². The van der Waals surface area contributed by atoms with Crippen LogP contribution in [0.15, 0.2) is 43.0 Å². The van der Waals surface area contributed by atoms with Crippen molar-refractivity contribution in [3.63, 3.8) is 0 Å². The molecule has 1 fully saturated rings. The van der Waals surface area contributed by atoms with E-state index in [4.69, 9.17) is 4.74 Å². The second-order valence-electron chi connectivity index (χ2n) is 9.84. The van der Waals surface area contributed by atoms with E-state index in [9.17, 15) is 14.7 Å². The number of ether oxygens (including phenoxy) is 1. The highest BCUT2D eigenvalue weighted by molar-refractivity contribution is 5.94. The van der Waals surface area contributed by atoms with E-state index in [1.165, 1.54) is 11.9 Å². The summed E-state index contributed by atoms with van der Waals surface area (Å²) in [6.45, 7) is 5.45. The van der Waals surface area contributed by atoms with Gasteiger partial charge >= 0.3 is 5.97 Å². The lowest BCUT2D eigenvalue weighted by molar-refractivity contribution is -0.134. The van der Waals surface area contributed by atoms with Crippen molar-refractivity contribution >= 4 is 11.9 Å². The Morgan fingerprint density at radius 3 is 2.81 bits per heavy atom. The van der Waals surface area contributed by atoms with E-state index in [1.807, 2.05) is 24.0 Å². The van der Waals surface area contributed by atoms with Crippen LogP contribution in [0.3, 0.4) is 0 Å². The molecule has 3 aliphatic rings. The number of aliphatic hydroxyl groups is 1. The highest BCUT2D eigenvalue weighted by atomic mass is 16.5. The summed E-state index contributed by atoms with van der Waals surface area (Å²) >= 11 is 0. The molecule has 2 aliphatic heterocycles. The number of fused-ring (bicyclic) bond motifs is 2. The van der Waals surface area contributed by atoms with Crippen molar-refractivity contribution < 1.29 is 19.4 Å². The Labute approximate surface area is 209 Å². The van der Waals surface area contributed by atoms with Crippen LogP contribution < -0.4 is 0 Å². The molecular formula is C27H29N5O4. The van der Waals surface area contributed by atoms with Gasteiger partial charge in [0.25, 0.3) is 0 Å². The minimum absolute atomic E-state index is 0.0964. The molecule has 1 N–H and O–H groups in total. The van der Waals surface area contributed by atoms with Gasteiger partial charge in [-0.15, -0.1) is 0 Å². The van der Waals surface area contributed by atoms with E-state index in [1.54, 1.807) is 17.1 Å². The van der Waals surface area contributed by atoms with Crippen LogP contribution in [0.1, 0.15) is 56.6 Å². The number of carbonyl (C=O) groups excluding carboxylic acids is 2. The van der Waals surface area contributed by atoms with Crippen molar-refractivity contribution in [3.8, 4) is 5.69 Å². The van der Waals surface area contributed by atoms with Gasteiger partial charge in [0.2, 0.25) is 5.91 Å². The first kappa shape index (κ1) is 22.9. The SMILES string of the molecule is Cc1c([C@@H](O)CN2CCN(C(=O)C3CCc4cc(-n5cncn5)ccc43)CC2)ccc2c1COC2=O. The number of piperazine rings is 1. The van der Waals surface area contributed by atoms with Gasteiger partial charge in [0.05, 0.1) is 23.3 Å². The topological polar surface area (TPSA) is 101 Å². The molecular weight excluding hydrogens is 458 g/mol. The third kappa shape index (κ3) is 3.98. The lowest BCUT2D eigenvalue weighted by Crippen LogP contribution is -2.50. The molecule has 2 aromatic carbocycles. The normalized spacial score (nSPS) is 20.2. The molecule has 6 rings (SSSR count). The van der Waals surface area contributed by atoms with Gasteiger partial charge in [-0.05, 0) is 60.2 Å². The number of rotatable bonds is 5. The number of cyclic esters (lactones) is 1. The summed E-state index contributed by atoms with van der Waals surface area (Å²) in [5, 5.41) is 15.1. The number of β-amino-alcohol motifs (C(OH)–C–C–N with tert-alkyl or cyclic N) is 1. The molecule has 1 unspecified atom stereocenters. The number of aryl methyl sites for hydroxylation is 1. The minimum Gasteiger partial charge on any atom is -0.457 e. The number of aliphatic hydroxyl groups excluding tert-OH is 1. The van der Waals surface area contributed by atoms with Crippen molar-refractivity contribution in [1.82, 2.24) is 24.6 Å². The summed E-state index contributed by atoms with van der Waals surface area (Å²) in [5.41, 5.74) is 6.52. The zero-order valence-corrected chi connectivity index (χ0v) is 20.3. The number of amides is 1. The smallest absolute Gasteiger partial charge is 0.338 e. The van der Waals surface area contributed by atoms with Crippen LogP contribution in [-0.4, -0.2) is 74.3 Å². The molecule has 0 saturated carbocycles. The van der Waals surface area contributed by atoms with Gasteiger partial charge in [0, 0.05) is 38.3 Å². The predicted octanol–water partition coefficient (Wildman–Crippen LogP) is 2.15. The third-order valence-corrected chi connectivity index (χ3v) is 7.87. The Morgan fingerprint density at radius 2 is 2.03 bits per heavy atom. The van der Waals surface area contributed by atoms with Crippen molar-refractivity contribution in [2.75, 3.05) is 32.7 Å².